The lowest BCUT2D eigenvalue weighted by Gasteiger charge is -2.32. The number of aromatic nitrogens is 2. The Hall–Kier alpha value is -2.34. The summed E-state index contributed by atoms with van der Waals surface area (Å²) in [6.07, 6.45) is 7.00. The molecule has 1 N–H and O–H groups in total. The summed E-state index contributed by atoms with van der Waals surface area (Å²) < 4.78 is 7.38. The second-order valence-corrected chi connectivity index (χ2v) is 7.09. The number of rotatable bonds is 8. The van der Waals surface area contributed by atoms with E-state index in [1.165, 1.54) is 5.56 Å². The third kappa shape index (κ3) is 5.32. The molecule has 27 heavy (non-hydrogen) atoms. The number of benzene rings is 1. The number of carbonyl (C=O) groups is 1. The van der Waals surface area contributed by atoms with Crippen LogP contribution in [0.4, 0.5) is 0 Å². The summed E-state index contributed by atoms with van der Waals surface area (Å²) in [5, 5.41) is 3.05. The van der Waals surface area contributed by atoms with Gasteiger partial charge in [-0.25, -0.2) is 4.98 Å². The molecule has 6 nitrogen and oxygen atoms in total. The molecular formula is C21H30N4O2. The van der Waals surface area contributed by atoms with Gasteiger partial charge in [-0.1, -0.05) is 12.1 Å². The van der Waals surface area contributed by atoms with Crippen molar-refractivity contribution in [1.29, 1.82) is 0 Å². The van der Waals surface area contributed by atoms with E-state index in [-0.39, 0.29) is 5.91 Å². The van der Waals surface area contributed by atoms with E-state index in [4.69, 9.17) is 4.74 Å². The van der Waals surface area contributed by atoms with Crippen LogP contribution in [0.2, 0.25) is 0 Å². The van der Waals surface area contributed by atoms with Crippen molar-refractivity contribution in [2.75, 3.05) is 33.3 Å². The maximum absolute atomic E-state index is 12.3. The number of amides is 1. The smallest absolute Gasteiger partial charge is 0.234 e. The van der Waals surface area contributed by atoms with Crippen molar-refractivity contribution in [2.24, 2.45) is 0 Å². The molecule has 3 rings (SSSR count). The third-order valence-electron chi connectivity index (χ3n) is 5.22. The van der Waals surface area contributed by atoms with Crippen LogP contribution in [0.25, 0.3) is 0 Å². The number of piperidine rings is 1. The lowest BCUT2D eigenvalue weighted by atomic mass is 9.97. The highest BCUT2D eigenvalue weighted by Crippen LogP contribution is 2.25. The second-order valence-electron chi connectivity index (χ2n) is 7.09. The topological polar surface area (TPSA) is 59.4 Å². The molecule has 0 bridgehead atoms. The molecule has 1 aliphatic heterocycles. The minimum Gasteiger partial charge on any atom is -0.497 e. The molecule has 6 heteroatoms. The van der Waals surface area contributed by atoms with Crippen molar-refractivity contribution in [3.05, 3.63) is 48.0 Å². The molecule has 146 valence electrons. The van der Waals surface area contributed by atoms with Crippen molar-refractivity contribution in [2.45, 2.75) is 38.6 Å². The summed E-state index contributed by atoms with van der Waals surface area (Å²) in [5.74, 6) is 2.53. The molecule has 1 aromatic heterocycles. The normalized spacial score (nSPS) is 17.6. The Balaban J connectivity index is 1.43. The second kappa shape index (κ2) is 9.55. The van der Waals surface area contributed by atoms with Crippen LogP contribution in [0.3, 0.4) is 0 Å². The van der Waals surface area contributed by atoms with E-state index in [1.807, 2.05) is 36.7 Å². The van der Waals surface area contributed by atoms with Gasteiger partial charge >= 0.3 is 0 Å². The van der Waals surface area contributed by atoms with Crippen molar-refractivity contribution in [3.63, 3.8) is 0 Å². The fourth-order valence-electron chi connectivity index (χ4n) is 3.76. The number of methoxy groups -OCH3 is 1. The number of aryl methyl sites for hydroxylation is 1. The molecule has 1 unspecified atom stereocenters. The van der Waals surface area contributed by atoms with Gasteiger partial charge in [-0.05, 0) is 50.4 Å². The van der Waals surface area contributed by atoms with Gasteiger partial charge in [0, 0.05) is 37.9 Å². The zero-order valence-electron chi connectivity index (χ0n) is 16.4. The lowest BCUT2D eigenvalue weighted by Crippen LogP contribution is -2.42. The number of nitrogens with zero attached hydrogens (tertiary/aromatic N) is 3. The first-order valence-corrected chi connectivity index (χ1v) is 9.82. The Kier molecular flexibility index (Phi) is 6.87. The minimum atomic E-state index is 0.1000. The first-order valence-electron chi connectivity index (χ1n) is 9.82. The maximum Gasteiger partial charge on any atom is 0.234 e. The predicted molar refractivity (Wildman–Crippen MR) is 106 cm³/mol. The first kappa shape index (κ1) is 19.4. The molecule has 1 atom stereocenters. The molecule has 0 spiro atoms. The summed E-state index contributed by atoms with van der Waals surface area (Å²) in [6, 6.07) is 7.97. The van der Waals surface area contributed by atoms with Gasteiger partial charge in [0.05, 0.1) is 13.7 Å². The zero-order chi connectivity index (χ0) is 19.1. The first-order chi connectivity index (χ1) is 13.2. The number of nitrogens with one attached hydrogen (secondary N) is 1. The van der Waals surface area contributed by atoms with E-state index in [0.29, 0.717) is 19.0 Å². The van der Waals surface area contributed by atoms with Gasteiger partial charge in [0.2, 0.25) is 5.91 Å². The van der Waals surface area contributed by atoms with E-state index in [2.05, 4.69) is 26.7 Å². The van der Waals surface area contributed by atoms with E-state index in [1.54, 1.807) is 7.11 Å². The Morgan fingerprint density at radius 2 is 2.15 bits per heavy atom. The number of carbonyl (C=O) groups excluding carboxylic acids is 1. The molecule has 2 heterocycles. The van der Waals surface area contributed by atoms with Gasteiger partial charge in [0.1, 0.15) is 11.6 Å². The molecule has 2 aromatic rings. The van der Waals surface area contributed by atoms with Crippen LogP contribution in [0.1, 0.15) is 37.1 Å². The number of hydrogen-bond acceptors (Lipinski definition) is 4. The zero-order valence-corrected chi connectivity index (χ0v) is 16.4. The Morgan fingerprint density at radius 3 is 2.89 bits per heavy atom. The number of ether oxygens (including phenoxy) is 1. The molecule has 1 aromatic carbocycles. The van der Waals surface area contributed by atoms with Crippen LogP contribution in [-0.4, -0.2) is 53.6 Å². The van der Waals surface area contributed by atoms with Gasteiger partial charge in [-0.15, -0.1) is 0 Å². The van der Waals surface area contributed by atoms with Gasteiger partial charge < -0.3 is 14.6 Å². The molecule has 1 fully saturated rings. The van der Waals surface area contributed by atoms with E-state index >= 15 is 0 Å². The monoisotopic (exact) mass is 370 g/mol. The lowest BCUT2D eigenvalue weighted by molar-refractivity contribution is -0.122. The van der Waals surface area contributed by atoms with Crippen molar-refractivity contribution in [1.82, 2.24) is 19.8 Å². The molecule has 1 amide bonds. The third-order valence-corrected chi connectivity index (χ3v) is 5.22. The molecule has 0 aliphatic carbocycles. The van der Waals surface area contributed by atoms with E-state index < -0.39 is 0 Å². The summed E-state index contributed by atoms with van der Waals surface area (Å²) in [5.41, 5.74) is 1.19. The van der Waals surface area contributed by atoms with Gasteiger partial charge in [0.15, 0.2) is 0 Å². The van der Waals surface area contributed by atoms with Crippen LogP contribution >= 0.6 is 0 Å². The van der Waals surface area contributed by atoms with Crippen molar-refractivity contribution < 1.29 is 9.53 Å². The van der Waals surface area contributed by atoms with Crippen LogP contribution in [0.15, 0.2) is 36.7 Å². The Bertz CT molecular complexity index is 726. The average Bonchev–Trinajstić information content (AvgIpc) is 3.17. The maximum atomic E-state index is 12.3. The van der Waals surface area contributed by atoms with Gasteiger partial charge in [-0.2, -0.15) is 0 Å². The summed E-state index contributed by atoms with van der Waals surface area (Å²) in [4.78, 5) is 19.1. The highest BCUT2D eigenvalue weighted by molar-refractivity contribution is 5.78. The summed E-state index contributed by atoms with van der Waals surface area (Å²) in [7, 11) is 1.66. The van der Waals surface area contributed by atoms with Crippen LogP contribution in [0, 0.1) is 0 Å². The summed E-state index contributed by atoms with van der Waals surface area (Å²) in [6.45, 7) is 6.09. The molecule has 1 saturated heterocycles. The van der Waals surface area contributed by atoms with E-state index in [9.17, 15) is 4.79 Å². The van der Waals surface area contributed by atoms with Crippen LogP contribution < -0.4 is 10.1 Å². The number of likely N-dealkylation sites (tertiary alicyclic amines) is 1. The molecule has 0 radical (unpaired) electrons. The fourth-order valence-corrected chi connectivity index (χ4v) is 3.76. The van der Waals surface area contributed by atoms with Gasteiger partial charge in [0.25, 0.3) is 0 Å². The van der Waals surface area contributed by atoms with Crippen LogP contribution in [-0.2, 0) is 17.8 Å². The largest absolute Gasteiger partial charge is 0.497 e. The Morgan fingerprint density at radius 1 is 1.33 bits per heavy atom. The predicted octanol–water partition coefficient (Wildman–Crippen LogP) is 2.45. The quantitative estimate of drug-likeness (QED) is 0.775. The summed E-state index contributed by atoms with van der Waals surface area (Å²) >= 11 is 0. The van der Waals surface area contributed by atoms with Gasteiger partial charge in [-0.3, -0.25) is 9.69 Å². The Labute approximate surface area is 161 Å². The molecule has 0 saturated carbocycles. The van der Waals surface area contributed by atoms with Crippen molar-refractivity contribution >= 4 is 5.91 Å². The highest BCUT2D eigenvalue weighted by Gasteiger charge is 2.25. The molecular weight excluding hydrogens is 340 g/mol. The minimum absolute atomic E-state index is 0.1000. The average molecular weight is 370 g/mol. The SMILES string of the molecule is CCn1ccnc1C1CCCN(CC(=O)NCCc2ccc(OC)cc2)C1. The van der Waals surface area contributed by atoms with E-state index in [0.717, 1.165) is 50.5 Å². The number of imidazole rings is 1. The fraction of sp³-hybridized carbons (Fsp3) is 0.524. The molecule has 1 aliphatic rings. The standard InChI is InChI=1S/C21H30N4O2/c1-3-25-14-12-23-21(25)18-5-4-13-24(15-18)16-20(26)22-11-10-17-6-8-19(27-2)9-7-17/h6-9,12,14,18H,3-5,10-11,13,15-16H2,1-2H3,(H,22,26). The van der Waals surface area contributed by atoms with Crippen molar-refractivity contribution in [3.8, 4) is 5.75 Å². The highest BCUT2D eigenvalue weighted by atomic mass is 16.5. The van der Waals surface area contributed by atoms with Crippen LogP contribution in [0.5, 0.6) is 5.75 Å². The number of hydrogen-bond donors (Lipinski definition) is 1.